The number of rotatable bonds is 5. The molecular weight excluding hydrogens is 336 g/mol. The Morgan fingerprint density at radius 2 is 1.60 bits per heavy atom. The maximum atomic E-state index is 12.6. The minimum atomic E-state index is -0.438. The number of nitrogens with one attached hydrogen (secondary N) is 2. The van der Waals surface area contributed by atoms with Gasteiger partial charge in [-0.15, -0.1) is 0 Å². The van der Waals surface area contributed by atoms with E-state index in [4.69, 9.17) is 11.6 Å². The van der Waals surface area contributed by atoms with Crippen LogP contribution in [-0.4, -0.2) is 17.4 Å². The van der Waals surface area contributed by atoms with Crippen LogP contribution in [0, 0.1) is 0 Å². The van der Waals surface area contributed by atoms with E-state index in [0.29, 0.717) is 10.6 Å². The normalized spacial score (nSPS) is 12.3. The Kier molecular flexibility index (Phi) is 6.21. The van der Waals surface area contributed by atoms with Crippen LogP contribution in [0.4, 0.5) is 0 Å². The molecule has 0 bridgehead atoms. The first kappa shape index (κ1) is 19.0. The van der Waals surface area contributed by atoms with Crippen LogP contribution in [-0.2, 0) is 4.79 Å². The molecule has 0 aliphatic rings. The van der Waals surface area contributed by atoms with E-state index < -0.39 is 6.04 Å². The predicted octanol–water partition coefficient (Wildman–Crippen LogP) is 4.12. The summed E-state index contributed by atoms with van der Waals surface area (Å²) < 4.78 is 0. The first-order chi connectivity index (χ1) is 11.8. The van der Waals surface area contributed by atoms with Crippen LogP contribution in [0.5, 0.6) is 0 Å². The van der Waals surface area contributed by atoms with Crippen LogP contribution < -0.4 is 10.6 Å². The molecule has 0 spiro atoms. The van der Waals surface area contributed by atoms with Crippen LogP contribution in [0.2, 0.25) is 5.02 Å². The standard InChI is InChI=1S/C20H23ClN2O2/c1-20(2,3)23-18(24)13-17(14-9-5-4-6-10-14)22-19(25)15-11-7-8-12-16(15)21/h4-12,17H,13H2,1-3H3,(H,22,25)(H,23,24)/t17-/m1/s1. The number of benzene rings is 2. The summed E-state index contributed by atoms with van der Waals surface area (Å²) in [4.78, 5) is 24.9. The second kappa shape index (κ2) is 8.17. The molecule has 0 saturated carbocycles. The molecule has 2 aromatic rings. The van der Waals surface area contributed by atoms with Crippen molar-refractivity contribution in [3.8, 4) is 0 Å². The molecule has 0 fully saturated rings. The van der Waals surface area contributed by atoms with Crippen molar-refractivity contribution in [3.63, 3.8) is 0 Å². The molecule has 1 atom stereocenters. The average molecular weight is 359 g/mol. The zero-order chi connectivity index (χ0) is 18.4. The predicted molar refractivity (Wildman–Crippen MR) is 101 cm³/mol. The Hall–Kier alpha value is -2.33. The Morgan fingerprint density at radius 3 is 2.20 bits per heavy atom. The molecule has 2 rings (SSSR count). The molecule has 0 radical (unpaired) electrons. The molecule has 2 aromatic carbocycles. The molecule has 0 aliphatic heterocycles. The second-order valence-corrected chi connectivity index (χ2v) is 7.33. The molecule has 0 aliphatic carbocycles. The summed E-state index contributed by atoms with van der Waals surface area (Å²) in [6.45, 7) is 5.76. The summed E-state index contributed by atoms with van der Waals surface area (Å²) in [5, 5.41) is 6.23. The Labute approximate surface area is 153 Å². The lowest BCUT2D eigenvalue weighted by atomic mass is 10.0. The van der Waals surface area contributed by atoms with E-state index in [1.807, 2.05) is 51.1 Å². The Bertz CT molecular complexity index is 739. The number of carbonyl (C=O) groups excluding carboxylic acids is 2. The van der Waals surface area contributed by atoms with Gasteiger partial charge in [-0.3, -0.25) is 9.59 Å². The van der Waals surface area contributed by atoms with Crippen LogP contribution in [0.1, 0.15) is 49.2 Å². The van der Waals surface area contributed by atoms with Crippen molar-refractivity contribution in [1.82, 2.24) is 10.6 Å². The highest BCUT2D eigenvalue weighted by molar-refractivity contribution is 6.33. The van der Waals surface area contributed by atoms with Gasteiger partial charge in [0.15, 0.2) is 0 Å². The van der Waals surface area contributed by atoms with Gasteiger partial charge in [0.1, 0.15) is 0 Å². The molecule has 0 aromatic heterocycles. The molecule has 2 N–H and O–H groups in total. The van der Waals surface area contributed by atoms with E-state index >= 15 is 0 Å². The lowest BCUT2D eigenvalue weighted by Crippen LogP contribution is -2.42. The van der Waals surface area contributed by atoms with Crippen molar-refractivity contribution in [2.75, 3.05) is 0 Å². The van der Waals surface area contributed by atoms with E-state index in [2.05, 4.69) is 10.6 Å². The summed E-state index contributed by atoms with van der Waals surface area (Å²) >= 11 is 6.10. The van der Waals surface area contributed by atoms with Crippen molar-refractivity contribution in [1.29, 1.82) is 0 Å². The Morgan fingerprint density at radius 1 is 1.00 bits per heavy atom. The number of hydrogen-bond donors (Lipinski definition) is 2. The van der Waals surface area contributed by atoms with Gasteiger partial charge >= 0.3 is 0 Å². The van der Waals surface area contributed by atoms with Gasteiger partial charge in [-0.1, -0.05) is 54.1 Å². The van der Waals surface area contributed by atoms with Gasteiger partial charge < -0.3 is 10.6 Å². The summed E-state index contributed by atoms with van der Waals surface area (Å²) in [7, 11) is 0. The average Bonchev–Trinajstić information content (AvgIpc) is 2.53. The quantitative estimate of drug-likeness (QED) is 0.844. The third-order valence-corrected chi connectivity index (χ3v) is 3.86. The van der Waals surface area contributed by atoms with Gasteiger partial charge in [-0.2, -0.15) is 0 Å². The molecule has 5 heteroatoms. The summed E-state index contributed by atoms with van der Waals surface area (Å²) in [5.41, 5.74) is 0.929. The lowest BCUT2D eigenvalue weighted by molar-refractivity contribution is -0.122. The third kappa shape index (κ3) is 5.91. The molecule has 0 saturated heterocycles. The Balaban J connectivity index is 2.19. The fourth-order valence-corrected chi connectivity index (χ4v) is 2.70. The molecule has 0 heterocycles. The van der Waals surface area contributed by atoms with E-state index in [1.165, 1.54) is 0 Å². The monoisotopic (exact) mass is 358 g/mol. The highest BCUT2D eigenvalue weighted by atomic mass is 35.5. The number of hydrogen-bond acceptors (Lipinski definition) is 2. The number of halogens is 1. The molecular formula is C20H23ClN2O2. The molecule has 2 amide bonds. The SMILES string of the molecule is CC(C)(C)NC(=O)C[C@@H](NC(=O)c1ccccc1Cl)c1ccccc1. The fourth-order valence-electron chi connectivity index (χ4n) is 2.47. The van der Waals surface area contributed by atoms with Crippen molar-refractivity contribution < 1.29 is 9.59 Å². The maximum absolute atomic E-state index is 12.6. The smallest absolute Gasteiger partial charge is 0.253 e. The van der Waals surface area contributed by atoms with Gasteiger partial charge in [-0.05, 0) is 38.5 Å². The van der Waals surface area contributed by atoms with E-state index in [-0.39, 0.29) is 23.8 Å². The zero-order valence-electron chi connectivity index (χ0n) is 14.7. The topological polar surface area (TPSA) is 58.2 Å². The van der Waals surface area contributed by atoms with Gasteiger partial charge in [-0.25, -0.2) is 0 Å². The van der Waals surface area contributed by atoms with Gasteiger partial charge in [0.25, 0.3) is 5.91 Å². The maximum Gasteiger partial charge on any atom is 0.253 e. The highest BCUT2D eigenvalue weighted by Crippen LogP contribution is 2.20. The summed E-state index contributed by atoms with van der Waals surface area (Å²) in [6, 6.07) is 15.9. The number of amides is 2. The van der Waals surface area contributed by atoms with Crippen LogP contribution >= 0.6 is 11.6 Å². The second-order valence-electron chi connectivity index (χ2n) is 6.92. The minimum absolute atomic E-state index is 0.124. The van der Waals surface area contributed by atoms with Gasteiger partial charge in [0.2, 0.25) is 5.91 Å². The van der Waals surface area contributed by atoms with Gasteiger partial charge in [0.05, 0.1) is 23.0 Å². The van der Waals surface area contributed by atoms with E-state index in [0.717, 1.165) is 5.56 Å². The van der Waals surface area contributed by atoms with Crippen molar-refractivity contribution in [3.05, 3.63) is 70.7 Å². The van der Waals surface area contributed by atoms with Crippen molar-refractivity contribution in [2.45, 2.75) is 38.8 Å². The van der Waals surface area contributed by atoms with Crippen molar-refractivity contribution in [2.24, 2.45) is 0 Å². The van der Waals surface area contributed by atoms with Crippen LogP contribution in [0.3, 0.4) is 0 Å². The first-order valence-corrected chi connectivity index (χ1v) is 8.55. The number of carbonyl (C=O) groups is 2. The van der Waals surface area contributed by atoms with E-state index in [9.17, 15) is 9.59 Å². The highest BCUT2D eigenvalue weighted by Gasteiger charge is 2.22. The largest absolute Gasteiger partial charge is 0.351 e. The molecule has 4 nitrogen and oxygen atoms in total. The molecule has 0 unspecified atom stereocenters. The minimum Gasteiger partial charge on any atom is -0.351 e. The van der Waals surface area contributed by atoms with Gasteiger partial charge in [0, 0.05) is 5.54 Å². The molecule has 25 heavy (non-hydrogen) atoms. The summed E-state index contributed by atoms with van der Waals surface area (Å²) in [5.74, 6) is -0.427. The van der Waals surface area contributed by atoms with E-state index in [1.54, 1.807) is 24.3 Å². The van der Waals surface area contributed by atoms with Crippen molar-refractivity contribution >= 4 is 23.4 Å². The van der Waals surface area contributed by atoms with Crippen LogP contribution in [0.25, 0.3) is 0 Å². The third-order valence-electron chi connectivity index (χ3n) is 3.53. The van der Waals surface area contributed by atoms with Crippen LogP contribution in [0.15, 0.2) is 54.6 Å². The fraction of sp³-hybridized carbons (Fsp3) is 0.300. The zero-order valence-corrected chi connectivity index (χ0v) is 15.4. The first-order valence-electron chi connectivity index (χ1n) is 8.17. The lowest BCUT2D eigenvalue weighted by Gasteiger charge is -2.24. The molecule has 132 valence electrons. The summed E-state index contributed by atoms with van der Waals surface area (Å²) in [6.07, 6.45) is 0.150.